The van der Waals surface area contributed by atoms with Crippen LogP contribution in [0.1, 0.15) is 47.5 Å². The third-order valence-corrected chi connectivity index (χ3v) is 6.11. The molecule has 1 amide bonds. The molecule has 3 aromatic rings. The average molecular weight is 348 g/mol. The van der Waals surface area contributed by atoms with E-state index in [4.69, 9.17) is 0 Å². The molecule has 0 saturated carbocycles. The Kier molecular flexibility index (Phi) is 3.59. The number of hydrogen-bond donors (Lipinski definition) is 1. The third-order valence-electron chi connectivity index (χ3n) is 6.11. The molecule has 1 N–H and O–H groups in total. The van der Waals surface area contributed by atoms with Gasteiger partial charge in [-0.15, -0.1) is 0 Å². The summed E-state index contributed by atoms with van der Waals surface area (Å²) in [4.78, 5) is 18.5. The third kappa shape index (κ3) is 2.52. The zero-order valence-corrected chi connectivity index (χ0v) is 14.5. The van der Waals surface area contributed by atoms with Crippen molar-refractivity contribution in [3.05, 3.63) is 71.7 Å². The van der Waals surface area contributed by atoms with Gasteiger partial charge in [0, 0.05) is 34.7 Å². The number of rotatable bonds is 2. The number of fused-ring (bicyclic) bond motifs is 3. The van der Waals surface area contributed by atoms with Gasteiger partial charge in [-0.05, 0) is 73.6 Å². The van der Waals surface area contributed by atoms with E-state index >= 15 is 0 Å². The first-order valence-corrected chi connectivity index (χ1v) is 9.34. The molecule has 3 nitrogen and oxygen atoms in total. The molecule has 0 spiro atoms. The van der Waals surface area contributed by atoms with Gasteiger partial charge in [-0.25, -0.2) is 4.39 Å². The van der Waals surface area contributed by atoms with Crippen LogP contribution in [-0.2, 0) is 0 Å². The van der Waals surface area contributed by atoms with Crippen LogP contribution in [0.15, 0.2) is 54.7 Å². The fraction of sp³-hybridized carbons (Fsp3) is 0.318. The van der Waals surface area contributed by atoms with E-state index in [0.717, 1.165) is 42.1 Å². The van der Waals surface area contributed by atoms with Crippen molar-refractivity contribution >= 4 is 16.8 Å². The van der Waals surface area contributed by atoms with Crippen molar-refractivity contribution in [2.75, 3.05) is 0 Å². The molecular formula is C22H21FN2O. The zero-order chi connectivity index (χ0) is 17.7. The van der Waals surface area contributed by atoms with Gasteiger partial charge < -0.3 is 9.88 Å². The number of aromatic amines is 1. The van der Waals surface area contributed by atoms with Crippen molar-refractivity contribution in [3.8, 4) is 0 Å². The Balaban J connectivity index is 1.39. The summed E-state index contributed by atoms with van der Waals surface area (Å²) >= 11 is 0. The highest BCUT2D eigenvalue weighted by molar-refractivity contribution is 5.98. The molecule has 2 fully saturated rings. The molecule has 2 saturated heterocycles. The predicted molar refractivity (Wildman–Crippen MR) is 99.7 cm³/mol. The highest BCUT2D eigenvalue weighted by Crippen LogP contribution is 2.43. The molecule has 2 aromatic carbocycles. The number of aromatic nitrogens is 1. The van der Waals surface area contributed by atoms with Crippen LogP contribution in [-0.4, -0.2) is 27.9 Å². The van der Waals surface area contributed by atoms with Crippen LogP contribution < -0.4 is 0 Å². The van der Waals surface area contributed by atoms with Crippen molar-refractivity contribution in [2.45, 2.75) is 43.7 Å². The summed E-state index contributed by atoms with van der Waals surface area (Å²) in [5.41, 5.74) is 3.03. The molecule has 0 aliphatic carbocycles. The van der Waals surface area contributed by atoms with Gasteiger partial charge in [0.25, 0.3) is 5.91 Å². The SMILES string of the molecule is O=C(c1ccc2[nH]ccc2c1)N1C2CCC1CC(c1ccc(F)cc1)C2. The largest absolute Gasteiger partial charge is 0.361 e. The zero-order valence-electron chi connectivity index (χ0n) is 14.5. The molecule has 132 valence electrons. The number of halogens is 1. The number of carbonyl (C=O) groups is 1. The van der Waals surface area contributed by atoms with Crippen molar-refractivity contribution in [3.63, 3.8) is 0 Å². The lowest BCUT2D eigenvalue weighted by Crippen LogP contribution is -2.46. The Morgan fingerprint density at radius 1 is 1.00 bits per heavy atom. The fourth-order valence-corrected chi connectivity index (χ4v) is 4.85. The van der Waals surface area contributed by atoms with Gasteiger partial charge >= 0.3 is 0 Å². The number of hydrogen-bond acceptors (Lipinski definition) is 1. The van der Waals surface area contributed by atoms with Gasteiger partial charge in [-0.2, -0.15) is 0 Å². The van der Waals surface area contributed by atoms with Crippen LogP contribution in [0.2, 0.25) is 0 Å². The first-order chi connectivity index (χ1) is 12.7. The molecular weight excluding hydrogens is 327 g/mol. The second-order valence-corrected chi connectivity index (χ2v) is 7.60. The summed E-state index contributed by atoms with van der Waals surface area (Å²) in [5.74, 6) is 0.381. The van der Waals surface area contributed by atoms with E-state index in [1.54, 1.807) is 12.1 Å². The Morgan fingerprint density at radius 2 is 1.73 bits per heavy atom. The molecule has 2 aliphatic rings. The van der Waals surface area contributed by atoms with Gasteiger partial charge in [-0.3, -0.25) is 4.79 Å². The Bertz CT molecular complexity index is 948. The smallest absolute Gasteiger partial charge is 0.254 e. The van der Waals surface area contributed by atoms with Crippen molar-refractivity contribution in [2.24, 2.45) is 0 Å². The van der Waals surface area contributed by atoms with Gasteiger partial charge in [0.2, 0.25) is 0 Å². The minimum Gasteiger partial charge on any atom is -0.361 e. The average Bonchev–Trinajstić information content (AvgIpc) is 3.23. The number of nitrogens with zero attached hydrogens (tertiary/aromatic N) is 1. The van der Waals surface area contributed by atoms with E-state index < -0.39 is 0 Å². The summed E-state index contributed by atoms with van der Waals surface area (Å²) < 4.78 is 13.2. The standard InChI is InChI=1S/C22H21FN2O/c23-18-4-1-14(2-5-18)17-12-19-6-7-20(13-17)25(19)22(26)16-3-8-21-15(11-16)9-10-24-21/h1-5,8-11,17,19-20,24H,6-7,12-13H2. The molecule has 26 heavy (non-hydrogen) atoms. The number of nitrogens with one attached hydrogen (secondary N) is 1. The maximum absolute atomic E-state index is 13.2. The fourth-order valence-electron chi connectivity index (χ4n) is 4.85. The van der Waals surface area contributed by atoms with Crippen LogP contribution >= 0.6 is 0 Å². The summed E-state index contributed by atoms with van der Waals surface area (Å²) in [6.45, 7) is 0. The van der Waals surface area contributed by atoms with Gasteiger partial charge in [0.05, 0.1) is 0 Å². The molecule has 5 rings (SSSR count). The molecule has 2 aliphatic heterocycles. The monoisotopic (exact) mass is 348 g/mol. The van der Waals surface area contributed by atoms with Gasteiger partial charge in [-0.1, -0.05) is 12.1 Å². The lowest BCUT2D eigenvalue weighted by atomic mass is 9.84. The Labute approximate surface area is 151 Å². The summed E-state index contributed by atoms with van der Waals surface area (Å²) in [7, 11) is 0. The molecule has 4 heteroatoms. The van der Waals surface area contributed by atoms with E-state index in [-0.39, 0.29) is 11.7 Å². The molecule has 0 radical (unpaired) electrons. The topological polar surface area (TPSA) is 36.1 Å². The second-order valence-electron chi connectivity index (χ2n) is 7.60. The summed E-state index contributed by atoms with van der Waals surface area (Å²) in [6.07, 6.45) is 5.98. The van der Waals surface area contributed by atoms with Crippen molar-refractivity contribution in [1.29, 1.82) is 0 Å². The van der Waals surface area contributed by atoms with Crippen LogP contribution in [0.4, 0.5) is 4.39 Å². The minimum atomic E-state index is -0.190. The minimum absolute atomic E-state index is 0.151. The maximum Gasteiger partial charge on any atom is 0.254 e. The van der Waals surface area contributed by atoms with Crippen molar-refractivity contribution in [1.82, 2.24) is 9.88 Å². The van der Waals surface area contributed by atoms with Gasteiger partial charge in [0.1, 0.15) is 5.82 Å². The normalized spacial score (nSPS) is 25.0. The number of amides is 1. The number of H-pyrrole nitrogens is 1. The molecule has 2 atom stereocenters. The molecule has 3 heterocycles. The number of carbonyl (C=O) groups excluding carboxylic acids is 1. The lowest BCUT2D eigenvalue weighted by Gasteiger charge is -2.39. The van der Waals surface area contributed by atoms with Crippen LogP contribution in [0.3, 0.4) is 0 Å². The van der Waals surface area contributed by atoms with Gasteiger partial charge in [0.15, 0.2) is 0 Å². The van der Waals surface area contributed by atoms with E-state index in [2.05, 4.69) is 9.88 Å². The Hall–Kier alpha value is -2.62. The summed E-state index contributed by atoms with van der Waals surface area (Å²) in [5, 5.41) is 1.07. The van der Waals surface area contributed by atoms with Crippen LogP contribution in [0.5, 0.6) is 0 Å². The van der Waals surface area contributed by atoms with Crippen LogP contribution in [0.25, 0.3) is 10.9 Å². The first kappa shape index (κ1) is 15.6. The number of benzene rings is 2. The molecule has 2 bridgehead atoms. The highest BCUT2D eigenvalue weighted by atomic mass is 19.1. The van der Waals surface area contributed by atoms with E-state index in [0.29, 0.717) is 18.0 Å². The van der Waals surface area contributed by atoms with E-state index in [1.165, 1.54) is 5.56 Å². The predicted octanol–water partition coefficient (Wildman–Crippen LogP) is 4.86. The van der Waals surface area contributed by atoms with Crippen LogP contribution in [0, 0.1) is 5.82 Å². The summed E-state index contributed by atoms with van der Waals surface area (Å²) in [6, 6.07) is 15.4. The van der Waals surface area contributed by atoms with Crippen molar-refractivity contribution < 1.29 is 9.18 Å². The van der Waals surface area contributed by atoms with E-state index in [1.807, 2.05) is 42.6 Å². The second kappa shape index (κ2) is 5.97. The highest BCUT2D eigenvalue weighted by Gasteiger charge is 2.43. The molecule has 1 aromatic heterocycles. The maximum atomic E-state index is 13.2. The number of piperidine rings is 1. The first-order valence-electron chi connectivity index (χ1n) is 9.34. The quantitative estimate of drug-likeness (QED) is 0.705. The molecule has 2 unspecified atom stereocenters. The lowest BCUT2D eigenvalue weighted by molar-refractivity contribution is 0.0571. The Morgan fingerprint density at radius 3 is 2.46 bits per heavy atom. The van der Waals surface area contributed by atoms with E-state index in [9.17, 15) is 9.18 Å².